The van der Waals surface area contributed by atoms with Gasteiger partial charge < -0.3 is 0 Å². The number of aromatic nitrogens is 4. The third-order valence-electron chi connectivity index (χ3n) is 6.28. The Hall–Kier alpha value is -0.680. The standard InChI is InChI=1S/C15H24ClN5/c1-21-11-6-7-13(21)14(15-17-19-20-18-15)12(8-11)9-2-4-10(16)5-3-9/h9-14H,2-8H2,1H3,(H,17,18,19,20)/t9?,10?,11-,12-,13?,14?/m1/s1. The van der Waals surface area contributed by atoms with Gasteiger partial charge in [-0.2, -0.15) is 5.21 Å². The van der Waals surface area contributed by atoms with Crippen molar-refractivity contribution in [3.8, 4) is 0 Å². The zero-order valence-corrected chi connectivity index (χ0v) is 13.3. The molecule has 1 aliphatic carbocycles. The number of nitrogens with zero attached hydrogens (tertiary/aromatic N) is 4. The number of hydrogen-bond donors (Lipinski definition) is 1. The highest BCUT2D eigenvalue weighted by Crippen LogP contribution is 2.51. The minimum Gasteiger partial charge on any atom is -0.300 e. The van der Waals surface area contributed by atoms with E-state index in [1.165, 1.54) is 44.9 Å². The highest BCUT2D eigenvalue weighted by atomic mass is 35.5. The van der Waals surface area contributed by atoms with Gasteiger partial charge >= 0.3 is 0 Å². The molecule has 2 aliphatic heterocycles. The minimum absolute atomic E-state index is 0.396. The first-order valence-corrected chi connectivity index (χ1v) is 8.77. The third kappa shape index (κ3) is 2.38. The summed E-state index contributed by atoms with van der Waals surface area (Å²) in [5, 5.41) is 15.6. The number of H-pyrrole nitrogens is 1. The van der Waals surface area contributed by atoms with Gasteiger partial charge in [0.1, 0.15) is 0 Å². The molecule has 1 N–H and O–H groups in total. The molecule has 2 saturated heterocycles. The molecule has 0 spiro atoms. The second kappa shape index (κ2) is 5.51. The third-order valence-corrected chi connectivity index (χ3v) is 6.72. The lowest BCUT2D eigenvalue weighted by Gasteiger charge is -2.46. The van der Waals surface area contributed by atoms with Gasteiger partial charge in [0, 0.05) is 23.4 Å². The van der Waals surface area contributed by atoms with E-state index in [0.717, 1.165) is 17.8 Å². The lowest BCUT2D eigenvalue weighted by molar-refractivity contribution is 0.0599. The number of likely N-dealkylation sites (N-methyl/N-ethyl adjacent to an activating group) is 1. The number of rotatable bonds is 2. The number of fused-ring (bicyclic) bond motifs is 2. The van der Waals surface area contributed by atoms with E-state index >= 15 is 0 Å². The molecule has 4 atom stereocenters. The molecule has 116 valence electrons. The molecule has 1 aromatic rings. The molecule has 0 aromatic carbocycles. The van der Waals surface area contributed by atoms with E-state index in [9.17, 15) is 0 Å². The van der Waals surface area contributed by atoms with Crippen LogP contribution in [0.1, 0.15) is 56.7 Å². The number of hydrogen-bond acceptors (Lipinski definition) is 4. The molecular weight excluding hydrogens is 286 g/mol. The monoisotopic (exact) mass is 309 g/mol. The molecule has 1 aromatic heterocycles. The van der Waals surface area contributed by atoms with E-state index in [0.29, 0.717) is 23.3 Å². The van der Waals surface area contributed by atoms with E-state index in [4.69, 9.17) is 11.6 Å². The second-order valence-electron chi connectivity index (χ2n) is 7.17. The highest BCUT2D eigenvalue weighted by molar-refractivity contribution is 6.20. The molecule has 3 aliphatic rings. The van der Waals surface area contributed by atoms with Gasteiger partial charge in [0.15, 0.2) is 5.82 Å². The van der Waals surface area contributed by atoms with Crippen LogP contribution in [0.4, 0.5) is 0 Å². The number of nitrogens with one attached hydrogen (secondary N) is 1. The summed E-state index contributed by atoms with van der Waals surface area (Å²) < 4.78 is 0. The van der Waals surface area contributed by atoms with Gasteiger partial charge in [0.2, 0.25) is 0 Å². The maximum Gasteiger partial charge on any atom is 0.179 e. The van der Waals surface area contributed by atoms with Crippen LogP contribution in [-0.2, 0) is 0 Å². The predicted molar refractivity (Wildman–Crippen MR) is 81.2 cm³/mol. The molecule has 2 unspecified atom stereocenters. The van der Waals surface area contributed by atoms with Gasteiger partial charge in [-0.25, -0.2) is 0 Å². The molecule has 0 radical (unpaired) electrons. The van der Waals surface area contributed by atoms with Gasteiger partial charge in [-0.1, -0.05) is 5.21 Å². The predicted octanol–water partition coefficient (Wildman–Crippen LogP) is 2.56. The summed E-state index contributed by atoms with van der Waals surface area (Å²) in [5.74, 6) is 2.88. The first-order chi connectivity index (χ1) is 10.2. The molecule has 2 bridgehead atoms. The van der Waals surface area contributed by atoms with Crippen molar-refractivity contribution in [2.45, 2.75) is 68.3 Å². The van der Waals surface area contributed by atoms with Crippen molar-refractivity contribution in [3.05, 3.63) is 5.82 Å². The number of piperidine rings is 1. The molecule has 4 rings (SSSR count). The lowest BCUT2D eigenvalue weighted by Crippen LogP contribution is -2.48. The first-order valence-electron chi connectivity index (χ1n) is 8.33. The van der Waals surface area contributed by atoms with Crippen molar-refractivity contribution in [1.82, 2.24) is 25.5 Å². The minimum atomic E-state index is 0.396. The summed E-state index contributed by atoms with van der Waals surface area (Å²) in [4.78, 5) is 2.57. The van der Waals surface area contributed by atoms with Crippen LogP contribution in [0.5, 0.6) is 0 Å². The average Bonchev–Trinajstić information content (AvgIpc) is 3.08. The number of halogens is 1. The van der Waals surface area contributed by atoms with Crippen LogP contribution in [0.15, 0.2) is 0 Å². The van der Waals surface area contributed by atoms with Crippen LogP contribution in [0, 0.1) is 11.8 Å². The summed E-state index contributed by atoms with van der Waals surface area (Å²) in [7, 11) is 2.28. The Labute approximate surface area is 130 Å². The van der Waals surface area contributed by atoms with E-state index in [-0.39, 0.29) is 0 Å². The normalized spacial score (nSPS) is 44.1. The second-order valence-corrected chi connectivity index (χ2v) is 7.79. The van der Waals surface area contributed by atoms with Crippen molar-refractivity contribution in [1.29, 1.82) is 0 Å². The van der Waals surface area contributed by atoms with Crippen LogP contribution in [0.2, 0.25) is 0 Å². The number of aromatic amines is 1. The molecule has 3 heterocycles. The van der Waals surface area contributed by atoms with Crippen molar-refractivity contribution < 1.29 is 0 Å². The Bertz CT molecular complexity index is 470. The van der Waals surface area contributed by atoms with E-state index < -0.39 is 0 Å². The highest BCUT2D eigenvalue weighted by Gasteiger charge is 2.50. The summed E-state index contributed by atoms with van der Waals surface area (Å²) in [5.41, 5.74) is 0. The fourth-order valence-electron chi connectivity index (χ4n) is 5.17. The SMILES string of the molecule is CN1C2CC[C@@H]1C[C@H](C1CCC(Cl)CC1)C2c1nn[nH]n1. The number of alkyl halides is 1. The maximum atomic E-state index is 6.30. The Balaban J connectivity index is 1.61. The molecule has 5 nitrogen and oxygen atoms in total. The largest absolute Gasteiger partial charge is 0.300 e. The molecule has 6 heteroatoms. The van der Waals surface area contributed by atoms with Gasteiger partial charge in [-0.3, -0.25) is 4.90 Å². The fraction of sp³-hybridized carbons (Fsp3) is 0.933. The fourth-order valence-corrected chi connectivity index (χ4v) is 5.42. The van der Waals surface area contributed by atoms with Crippen LogP contribution < -0.4 is 0 Å². The smallest absolute Gasteiger partial charge is 0.179 e. The molecule has 3 fully saturated rings. The zero-order chi connectivity index (χ0) is 14.4. The summed E-state index contributed by atoms with van der Waals surface area (Å²) in [6.45, 7) is 0. The Morgan fingerprint density at radius 2 is 1.95 bits per heavy atom. The van der Waals surface area contributed by atoms with Crippen molar-refractivity contribution in [3.63, 3.8) is 0 Å². The molecule has 0 amide bonds. The Morgan fingerprint density at radius 3 is 2.67 bits per heavy atom. The molecular formula is C15H24ClN5. The van der Waals surface area contributed by atoms with Gasteiger partial charge in [0.25, 0.3) is 0 Å². The van der Waals surface area contributed by atoms with E-state index in [2.05, 4.69) is 32.6 Å². The Kier molecular flexibility index (Phi) is 3.66. The maximum absolute atomic E-state index is 6.30. The summed E-state index contributed by atoms with van der Waals surface area (Å²) in [6.07, 6.45) is 8.80. The summed E-state index contributed by atoms with van der Waals surface area (Å²) in [6, 6.07) is 1.36. The van der Waals surface area contributed by atoms with Gasteiger partial charge in [0.05, 0.1) is 0 Å². The van der Waals surface area contributed by atoms with Crippen LogP contribution in [0.25, 0.3) is 0 Å². The van der Waals surface area contributed by atoms with Crippen LogP contribution in [0.3, 0.4) is 0 Å². The van der Waals surface area contributed by atoms with Crippen LogP contribution in [-0.4, -0.2) is 50.0 Å². The van der Waals surface area contributed by atoms with Gasteiger partial charge in [-0.15, -0.1) is 21.8 Å². The quantitative estimate of drug-likeness (QED) is 0.853. The van der Waals surface area contributed by atoms with E-state index in [1.807, 2.05) is 0 Å². The van der Waals surface area contributed by atoms with Crippen molar-refractivity contribution in [2.24, 2.45) is 11.8 Å². The summed E-state index contributed by atoms with van der Waals surface area (Å²) >= 11 is 6.30. The topological polar surface area (TPSA) is 57.7 Å². The molecule has 1 saturated carbocycles. The first kappa shape index (κ1) is 13.9. The van der Waals surface area contributed by atoms with Crippen LogP contribution >= 0.6 is 11.6 Å². The molecule has 21 heavy (non-hydrogen) atoms. The van der Waals surface area contributed by atoms with Crippen molar-refractivity contribution >= 4 is 11.6 Å². The van der Waals surface area contributed by atoms with Crippen molar-refractivity contribution in [2.75, 3.05) is 7.05 Å². The zero-order valence-electron chi connectivity index (χ0n) is 12.6. The lowest BCUT2D eigenvalue weighted by atomic mass is 9.68. The van der Waals surface area contributed by atoms with Gasteiger partial charge in [-0.05, 0) is 63.8 Å². The Morgan fingerprint density at radius 1 is 1.14 bits per heavy atom. The average molecular weight is 310 g/mol. The number of tetrazole rings is 1. The van der Waals surface area contributed by atoms with E-state index in [1.54, 1.807) is 0 Å².